The van der Waals surface area contributed by atoms with Gasteiger partial charge in [0.15, 0.2) is 24.2 Å². The number of amides is 6. The first-order valence-corrected chi connectivity index (χ1v) is 23.7. The van der Waals surface area contributed by atoms with Crippen LogP contribution in [0.4, 0.5) is 0 Å². The van der Waals surface area contributed by atoms with Crippen LogP contribution in [-0.2, 0) is 68.5 Å². The van der Waals surface area contributed by atoms with Gasteiger partial charge < -0.3 is 60.0 Å². The van der Waals surface area contributed by atoms with Crippen molar-refractivity contribution in [3.8, 4) is 0 Å². The van der Waals surface area contributed by atoms with E-state index in [0.717, 1.165) is 16.7 Å². The number of cyclic esters (lactones) is 2. The highest BCUT2D eigenvalue weighted by atomic mass is 16.6. The molecule has 21 nitrogen and oxygen atoms in total. The van der Waals surface area contributed by atoms with Crippen LogP contribution in [0.3, 0.4) is 0 Å². The number of esters is 3. The molecule has 11 unspecified atom stereocenters. The Bertz CT molecular complexity index is 2100. The normalized spacial score (nSPS) is 24.7. The smallest absolute Gasteiger partial charge is 0.333 e. The van der Waals surface area contributed by atoms with Crippen molar-refractivity contribution in [3.63, 3.8) is 0 Å². The Labute approximate surface area is 417 Å². The van der Waals surface area contributed by atoms with Crippen molar-refractivity contribution in [2.45, 2.75) is 156 Å². The van der Waals surface area contributed by atoms with Gasteiger partial charge in [0.1, 0.15) is 30.0 Å². The van der Waals surface area contributed by atoms with E-state index in [2.05, 4.69) is 34.4 Å². The summed E-state index contributed by atoms with van der Waals surface area (Å²) in [7, 11) is 5.19. The number of nitrogens with one attached hydrogen (secondary N) is 4. The Morgan fingerprint density at radius 1 is 0.831 bits per heavy atom. The molecule has 11 atom stereocenters. The molecule has 1 saturated heterocycles. The predicted molar refractivity (Wildman–Crippen MR) is 261 cm³/mol. The first-order valence-electron chi connectivity index (χ1n) is 23.7. The molecular weight excluding hydrogens is 923 g/mol. The van der Waals surface area contributed by atoms with Gasteiger partial charge in [0.05, 0.1) is 18.2 Å². The van der Waals surface area contributed by atoms with E-state index in [1.165, 1.54) is 47.0 Å². The Hall–Kier alpha value is -6.35. The number of aliphatic hydroxyl groups is 1. The number of methoxy groups -OCH3 is 1. The number of rotatable bonds is 14. The highest BCUT2D eigenvalue weighted by Gasteiger charge is 2.46. The fourth-order valence-corrected chi connectivity index (χ4v) is 7.58. The average molecular weight is 1000 g/mol. The van der Waals surface area contributed by atoms with Crippen LogP contribution in [-0.4, -0.2) is 168 Å². The summed E-state index contributed by atoms with van der Waals surface area (Å²) in [6, 6.07) is -0.244. The molecule has 1 fully saturated rings. The molecule has 0 aliphatic carbocycles. The lowest BCUT2D eigenvalue weighted by Gasteiger charge is -2.39. The second kappa shape index (κ2) is 27.3. The van der Waals surface area contributed by atoms with E-state index < -0.39 is 144 Å². The number of ether oxygens (including phenoxy) is 4. The van der Waals surface area contributed by atoms with Crippen LogP contribution in [0.25, 0.3) is 0 Å². The first-order chi connectivity index (χ1) is 33.0. The number of benzene rings is 1. The molecule has 1 aliphatic heterocycles. The van der Waals surface area contributed by atoms with Crippen molar-refractivity contribution in [2.24, 2.45) is 17.8 Å². The van der Waals surface area contributed by atoms with E-state index >= 15 is 4.79 Å². The second-order valence-electron chi connectivity index (χ2n) is 18.9. The maximum atomic E-state index is 15.2. The highest BCUT2D eigenvalue weighted by molar-refractivity contribution is 6.00. The lowest BCUT2D eigenvalue weighted by Crippen LogP contribution is -2.62. The van der Waals surface area contributed by atoms with Gasteiger partial charge in [-0.05, 0) is 44.1 Å². The molecule has 1 heterocycles. The van der Waals surface area contributed by atoms with E-state index in [9.17, 15) is 43.5 Å². The zero-order valence-corrected chi connectivity index (χ0v) is 43.9. The Morgan fingerprint density at radius 2 is 1.42 bits per heavy atom. The van der Waals surface area contributed by atoms with Crippen molar-refractivity contribution >= 4 is 53.4 Å². The molecule has 1 aliphatic rings. The van der Waals surface area contributed by atoms with Crippen LogP contribution in [0.5, 0.6) is 0 Å². The number of nitrogens with zero attached hydrogens (tertiary/aromatic N) is 3. The number of hydrogen-bond acceptors (Lipinski definition) is 15. The highest BCUT2D eigenvalue weighted by Crippen LogP contribution is 2.24. The Kier molecular flexibility index (Phi) is 23.4. The molecule has 396 valence electrons. The fourth-order valence-electron chi connectivity index (χ4n) is 7.58. The van der Waals surface area contributed by atoms with Gasteiger partial charge in [-0.3, -0.25) is 28.8 Å². The van der Waals surface area contributed by atoms with Gasteiger partial charge in [-0.15, -0.1) is 0 Å². The molecule has 0 aromatic heterocycles. The predicted octanol–water partition coefficient (Wildman–Crippen LogP) is 1.36. The minimum atomic E-state index is -1.74. The minimum absolute atomic E-state index is 0.0260. The lowest BCUT2D eigenvalue weighted by atomic mass is 9.95. The molecule has 5 N–H and O–H groups in total. The average Bonchev–Trinajstić information content (AvgIpc) is 3.32. The van der Waals surface area contributed by atoms with Gasteiger partial charge >= 0.3 is 17.9 Å². The van der Waals surface area contributed by atoms with Gasteiger partial charge in [-0.2, -0.15) is 0 Å². The molecule has 1 aromatic rings. The van der Waals surface area contributed by atoms with Gasteiger partial charge in [-0.1, -0.05) is 92.0 Å². The summed E-state index contributed by atoms with van der Waals surface area (Å²) in [5.74, 6) is -10.0. The first kappa shape index (κ1) is 60.8. The van der Waals surface area contributed by atoms with Crippen molar-refractivity contribution in [1.29, 1.82) is 0 Å². The largest absolute Gasteiger partial charge is 0.458 e. The number of hydrogen-bond donors (Lipinski definition) is 5. The number of carbonyl (C=O) groups is 9. The zero-order chi connectivity index (χ0) is 54.3. The SMILES string of the molecule is C=C1NC(C(OC(=O)C(NC(=O)CC)C(O)C(C)C)C(C)C)C(=O)N(C)C(C(C)OC)C(=O)OC(C(C)C)C(NC(C)=O)C(=O)OC(Cc2ccccc2)C(=O)N(C)C(=C)C(=O)NC(C)C(=O)N(C)C1C. The van der Waals surface area contributed by atoms with Crippen LogP contribution in [0.1, 0.15) is 88.1 Å². The van der Waals surface area contributed by atoms with Crippen LogP contribution in [0.15, 0.2) is 54.9 Å². The summed E-state index contributed by atoms with van der Waals surface area (Å²) in [5.41, 5.74) is 0.158. The van der Waals surface area contributed by atoms with E-state index in [1.54, 1.807) is 85.7 Å². The summed E-state index contributed by atoms with van der Waals surface area (Å²) in [5, 5.41) is 21.7. The van der Waals surface area contributed by atoms with Crippen LogP contribution < -0.4 is 21.3 Å². The maximum absolute atomic E-state index is 15.2. The zero-order valence-electron chi connectivity index (χ0n) is 43.9. The molecule has 1 aromatic carbocycles. The molecule has 71 heavy (non-hydrogen) atoms. The summed E-state index contributed by atoms with van der Waals surface area (Å²) < 4.78 is 23.6. The molecule has 21 heteroatoms. The quantitative estimate of drug-likeness (QED) is 0.100. The van der Waals surface area contributed by atoms with Crippen molar-refractivity contribution in [3.05, 3.63) is 60.4 Å². The molecule has 2 rings (SSSR count). The molecule has 0 bridgehead atoms. The summed E-state index contributed by atoms with van der Waals surface area (Å²) in [6.45, 7) is 24.8. The van der Waals surface area contributed by atoms with E-state index in [1.807, 2.05) is 0 Å². The molecule has 6 amide bonds. The van der Waals surface area contributed by atoms with Crippen LogP contribution in [0, 0.1) is 17.8 Å². The fraction of sp³-hybridized carbons (Fsp3) is 0.620. The standard InChI is InChI=1S/C50H77N7O14/c1-18-36(59)54-37(41(60)25(2)3)48(65)70-42(26(4)5)38-47(64)57(16)40(32(12)68-17)50(67)71-43(27(6)7)39(53-33(13)58)49(66)69-35(24-34-22-20-19-21-23-34)46(63)56(15)31(11)44(61)52-29(9)45(62)55(14)30(10)28(8)51-38/h19-23,25-27,29-30,32,35,37-43,51,60H,8,11,18,24H2,1-7,9-10,12-17H3,(H,52,61)(H,53,58)(H,54,59). The third kappa shape index (κ3) is 16.3. The summed E-state index contributed by atoms with van der Waals surface area (Å²) in [4.78, 5) is 129. The van der Waals surface area contributed by atoms with Gasteiger partial charge in [0.25, 0.3) is 11.8 Å². The summed E-state index contributed by atoms with van der Waals surface area (Å²) >= 11 is 0. The molecular formula is C50H77N7O14. The Morgan fingerprint density at radius 3 is 1.93 bits per heavy atom. The Balaban J connectivity index is 2.97. The van der Waals surface area contributed by atoms with Gasteiger partial charge in [0, 0.05) is 53.7 Å². The van der Waals surface area contributed by atoms with E-state index in [-0.39, 0.29) is 18.5 Å². The number of carbonyl (C=O) groups excluding carboxylic acids is 9. The van der Waals surface area contributed by atoms with E-state index in [0.29, 0.717) is 5.56 Å². The second-order valence-corrected chi connectivity index (χ2v) is 18.9. The monoisotopic (exact) mass is 1000 g/mol. The number of likely N-dealkylation sites (N-methyl/N-ethyl adjacent to an activating group) is 3. The summed E-state index contributed by atoms with van der Waals surface area (Å²) in [6.07, 6.45) is -7.36. The molecule has 0 radical (unpaired) electrons. The van der Waals surface area contributed by atoms with Gasteiger partial charge in [-0.25, -0.2) is 14.4 Å². The van der Waals surface area contributed by atoms with Crippen molar-refractivity contribution in [1.82, 2.24) is 36.0 Å². The van der Waals surface area contributed by atoms with Gasteiger partial charge in [0.2, 0.25) is 23.6 Å². The third-order valence-electron chi connectivity index (χ3n) is 12.4. The molecule has 0 spiro atoms. The van der Waals surface area contributed by atoms with Crippen LogP contribution in [0.2, 0.25) is 0 Å². The molecule has 0 saturated carbocycles. The van der Waals surface area contributed by atoms with Crippen LogP contribution >= 0.6 is 0 Å². The lowest BCUT2D eigenvalue weighted by molar-refractivity contribution is -0.176. The van der Waals surface area contributed by atoms with Crippen molar-refractivity contribution < 1.29 is 67.2 Å². The number of aliphatic hydroxyl groups excluding tert-OH is 1. The maximum Gasteiger partial charge on any atom is 0.333 e. The third-order valence-corrected chi connectivity index (χ3v) is 12.4. The van der Waals surface area contributed by atoms with Crippen molar-refractivity contribution in [2.75, 3.05) is 28.3 Å². The van der Waals surface area contributed by atoms with E-state index in [4.69, 9.17) is 18.9 Å². The topological polar surface area (TPSA) is 269 Å². The minimum Gasteiger partial charge on any atom is -0.458 e.